The average Bonchev–Trinajstić information content (AvgIpc) is 3.11. The molecule has 0 saturated carbocycles. The molecule has 1 aliphatic rings. The summed E-state index contributed by atoms with van der Waals surface area (Å²) in [6, 6.07) is 0.210. The van der Waals surface area contributed by atoms with Crippen LogP contribution in [0.4, 0.5) is 0 Å². The molecular formula is C20H29ClN4O4S. The monoisotopic (exact) mass is 456 g/mol. The highest BCUT2D eigenvalue weighted by Gasteiger charge is 2.27. The van der Waals surface area contributed by atoms with E-state index in [9.17, 15) is 19.2 Å². The molecule has 1 saturated heterocycles. The molecule has 4 amide bonds. The Morgan fingerprint density at radius 3 is 2.50 bits per heavy atom. The number of carbonyl (C=O) groups excluding carboxylic acids is 4. The maximum absolute atomic E-state index is 12.9. The summed E-state index contributed by atoms with van der Waals surface area (Å²) < 4.78 is 0. The molecule has 1 aliphatic heterocycles. The highest BCUT2D eigenvalue weighted by Crippen LogP contribution is 2.24. The molecule has 1 aromatic heterocycles. The van der Waals surface area contributed by atoms with Gasteiger partial charge in [0.1, 0.15) is 17.0 Å². The van der Waals surface area contributed by atoms with Crippen LogP contribution in [0.5, 0.6) is 0 Å². The van der Waals surface area contributed by atoms with Crippen molar-refractivity contribution in [2.75, 3.05) is 19.6 Å². The molecule has 1 fully saturated rings. The van der Waals surface area contributed by atoms with E-state index >= 15 is 0 Å². The second-order valence-electron chi connectivity index (χ2n) is 7.66. The minimum atomic E-state index is -0.765. The molecule has 166 valence electrons. The molecule has 10 heteroatoms. The molecule has 8 nitrogen and oxygen atoms in total. The normalized spacial score (nSPS) is 22.6. The van der Waals surface area contributed by atoms with Gasteiger partial charge in [-0.25, -0.2) is 0 Å². The van der Waals surface area contributed by atoms with Crippen LogP contribution >= 0.6 is 22.9 Å². The first-order valence-corrected chi connectivity index (χ1v) is 11.4. The molecule has 3 N–H and O–H groups in total. The van der Waals surface area contributed by atoms with Crippen LogP contribution in [0.3, 0.4) is 0 Å². The van der Waals surface area contributed by atoms with Gasteiger partial charge in [-0.3, -0.25) is 19.2 Å². The number of carbonyl (C=O) groups is 4. The number of amides is 4. The van der Waals surface area contributed by atoms with E-state index in [0.29, 0.717) is 42.4 Å². The van der Waals surface area contributed by atoms with Crippen LogP contribution in [0.25, 0.3) is 0 Å². The number of thiophene rings is 1. The summed E-state index contributed by atoms with van der Waals surface area (Å²) in [5, 5.41) is 10.4. The van der Waals surface area contributed by atoms with Gasteiger partial charge in [0.2, 0.25) is 17.7 Å². The van der Waals surface area contributed by atoms with Crippen LogP contribution in [0.1, 0.15) is 49.7 Å². The molecule has 30 heavy (non-hydrogen) atoms. The molecule has 0 aliphatic carbocycles. The van der Waals surface area contributed by atoms with Crippen molar-refractivity contribution >= 4 is 46.6 Å². The summed E-state index contributed by atoms with van der Waals surface area (Å²) in [6.45, 7) is 6.43. The number of nitrogens with one attached hydrogen (secondary N) is 3. The average molecular weight is 457 g/mol. The highest BCUT2D eigenvalue weighted by molar-refractivity contribution is 7.12. The number of hydrogen-bond donors (Lipinski definition) is 3. The lowest BCUT2D eigenvalue weighted by Gasteiger charge is -2.24. The van der Waals surface area contributed by atoms with E-state index < -0.39 is 18.0 Å². The Bertz CT molecular complexity index is 783. The van der Waals surface area contributed by atoms with Crippen LogP contribution in [-0.4, -0.2) is 60.2 Å². The Labute approximate surface area is 185 Å². The Morgan fingerprint density at radius 2 is 1.87 bits per heavy atom. The second kappa shape index (κ2) is 11.3. The van der Waals surface area contributed by atoms with Gasteiger partial charge in [0.25, 0.3) is 5.91 Å². The minimum absolute atomic E-state index is 0.119. The highest BCUT2D eigenvalue weighted by atomic mass is 35.5. The summed E-state index contributed by atoms with van der Waals surface area (Å²) in [6.07, 6.45) is 1.18. The molecule has 0 aromatic carbocycles. The molecule has 1 aromatic rings. The first kappa shape index (κ1) is 24.1. The lowest BCUT2D eigenvalue weighted by Crippen LogP contribution is -2.54. The minimum Gasteiger partial charge on any atom is -0.354 e. The van der Waals surface area contributed by atoms with Crippen molar-refractivity contribution < 1.29 is 19.2 Å². The predicted molar refractivity (Wildman–Crippen MR) is 116 cm³/mol. The largest absolute Gasteiger partial charge is 0.354 e. The van der Waals surface area contributed by atoms with Gasteiger partial charge < -0.3 is 20.9 Å². The zero-order valence-corrected chi connectivity index (χ0v) is 19.1. The summed E-state index contributed by atoms with van der Waals surface area (Å²) in [4.78, 5) is 52.2. The molecule has 2 atom stereocenters. The third kappa shape index (κ3) is 6.70. The van der Waals surface area contributed by atoms with Crippen molar-refractivity contribution in [2.24, 2.45) is 5.92 Å². The van der Waals surface area contributed by atoms with Crippen molar-refractivity contribution in [1.82, 2.24) is 20.9 Å². The van der Waals surface area contributed by atoms with Crippen LogP contribution < -0.4 is 16.0 Å². The summed E-state index contributed by atoms with van der Waals surface area (Å²) in [5.74, 6) is -1.27. The van der Waals surface area contributed by atoms with Crippen molar-refractivity contribution in [3.8, 4) is 0 Å². The maximum Gasteiger partial charge on any atom is 0.265 e. The van der Waals surface area contributed by atoms with Crippen LogP contribution in [-0.2, 0) is 14.4 Å². The third-order valence-electron chi connectivity index (χ3n) is 4.85. The van der Waals surface area contributed by atoms with Gasteiger partial charge in [0, 0.05) is 26.1 Å². The predicted octanol–water partition coefficient (Wildman–Crippen LogP) is 1.79. The van der Waals surface area contributed by atoms with E-state index in [-0.39, 0.29) is 30.1 Å². The van der Waals surface area contributed by atoms with E-state index in [1.54, 1.807) is 23.3 Å². The van der Waals surface area contributed by atoms with Gasteiger partial charge in [0.05, 0.1) is 5.02 Å². The Hall–Kier alpha value is -2.13. The van der Waals surface area contributed by atoms with Gasteiger partial charge in [-0.05, 0) is 37.1 Å². The zero-order valence-electron chi connectivity index (χ0n) is 17.5. The fourth-order valence-electron chi connectivity index (χ4n) is 3.12. The number of hydrogen-bond acceptors (Lipinski definition) is 5. The summed E-state index contributed by atoms with van der Waals surface area (Å²) >= 11 is 7.39. The van der Waals surface area contributed by atoms with E-state index in [4.69, 9.17) is 11.6 Å². The van der Waals surface area contributed by atoms with Crippen LogP contribution in [0, 0.1) is 5.92 Å². The fraction of sp³-hybridized carbons (Fsp3) is 0.600. The third-order valence-corrected chi connectivity index (χ3v) is 6.18. The topological polar surface area (TPSA) is 108 Å². The molecule has 0 unspecified atom stereocenters. The van der Waals surface area contributed by atoms with Crippen molar-refractivity contribution in [1.29, 1.82) is 0 Å². The standard InChI is InChI=1S/C20H29ClN4O4S/c1-12(2)16-19(28)22-8-5-10-25(20(29)17-14(21)7-11-30-17)9-4-6-15(26)23-13(3)18(27)24-16/h7,11-13,16H,4-6,8-10H2,1-3H3,(H,22,28)(H,23,26)(H,24,27)/t13-,16-/m1/s1. The zero-order chi connectivity index (χ0) is 22.3. The fourth-order valence-corrected chi connectivity index (χ4v) is 4.22. The quantitative estimate of drug-likeness (QED) is 0.630. The lowest BCUT2D eigenvalue weighted by molar-refractivity contribution is -0.132. The molecule has 0 bridgehead atoms. The van der Waals surface area contributed by atoms with Crippen molar-refractivity contribution in [3.63, 3.8) is 0 Å². The molecule has 2 rings (SSSR count). The first-order valence-electron chi connectivity index (χ1n) is 10.1. The number of halogens is 1. The maximum atomic E-state index is 12.9. The van der Waals surface area contributed by atoms with Gasteiger partial charge in [-0.1, -0.05) is 25.4 Å². The van der Waals surface area contributed by atoms with Crippen molar-refractivity contribution in [3.05, 3.63) is 21.3 Å². The Kier molecular flexibility index (Phi) is 9.10. The summed E-state index contributed by atoms with van der Waals surface area (Å²) in [5.41, 5.74) is 0. The van der Waals surface area contributed by atoms with Crippen LogP contribution in [0.2, 0.25) is 5.02 Å². The van der Waals surface area contributed by atoms with Gasteiger partial charge in [-0.2, -0.15) is 0 Å². The molecule has 0 spiro atoms. The molecular weight excluding hydrogens is 428 g/mol. The molecule has 0 radical (unpaired) electrons. The van der Waals surface area contributed by atoms with E-state index in [2.05, 4.69) is 16.0 Å². The molecule has 2 heterocycles. The van der Waals surface area contributed by atoms with E-state index in [0.717, 1.165) is 0 Å². The lowest BCUT2D eigenvalue weighted by atomic mass is 10.0. The van der Waals surface area contributed by atoms with Crippen molar-refractivity contribution in [2.45, 2.75) is 52.1 Å². The summed E-state index contributed by atoms with van der Waals surface area (Å²) in [7, 11) is 0. The number of nitrogens with zero attached hydrogens (tertiary/aromatic N) is 1. The van der Waals surface area contributed by atoms with Gasteiger partial charge in [-0.15, -0.1) is 11.3 Å². The first-order chi connectivity index (χ1) is 14.2. The Morgan fingerprint density at radius 1 is 1.17 bits per heavy atom. The second-order valence-corrected chi connectivity index (χ2v) is 8.98. The van der Waals surface area contributed by atoms with E-state index in [1.807, 2.05) is 13.8 Å². The smallest absolute Gasteiger partial charge is 0.265 e. The van der Waals surface area contributed by atoms with E-state index in [1.165, 1.54) is 11.3 Å². The SMILES string of the molecule is CC(C)[C@H]1NC(=O)[C@@H](C)NC(=O)CCCN(C(=O)c2sccc2Cl)CCCNC1=O. The van der Waals surface area contributed by atoms with Gasteiger partial charge in [0.15, 0.2) is 0 Å². The van der Waals surface area contributed by atoms with Gasteiger partial charge >= 0.3 is 0 Å². The number of rotatable bonds is 2. The van der Waals surface area contributed by atoms with Crippen LogP contribution in [0.15, 0.2) is 11.4 Å². The Balaban J connectivity index is 2.14.